The highest BCUT2D eigenvalue weighted by Gasteiger charge is 2.23. The summed E-state index contributed by atoms with van der Waals surface area (Å²) in [6.07, 6.45) is 2.30. The fourth-order valence-corrected chi connectivity index (χ4v) is 3.44. The van der Waals surface area contributed by atoms with Crippen LogP contribution in [0.1, 0.15) is 41.4 Å². The van der Waals surface area contributed by atoms with Crippen molar-refractivity contribution in [3.63, 3.8) is 0 Å². The van der Waals surface area contributed by atoms with Gasteiger partial charge >= 0.3 is 6.03 Å². The standard InChI is InChI=1S/C14H23N3O2S/c1-9-13(20-11(3)16-9)10(2)17(4)14(18)15-8-12-6-5-7-19-12/h10,12H,5-8H2,1-4H3,(H,15,18). The first-order valence-electron chi connectivity index (χ1n) is 7.05. The topological polar surface area (TPSA) is 54.5 Å². The lowest BCUT2D eigenvalue weighted by molar-refractivity contribution is 0.108. The summed E-state index contributed by atoms with van der Waals surface area (Å²) in [5.41, 5.74) is 1.01. The molecule has 0 aromatic carbocycles. The van der Waals surface area contributed by atoms with Crippen LogP contribution in [0.3, 0.4) is 0 Å². The first kappa shape index (κ1) is 15.3. The normalized spacial score (nSPS) is 19.9. The van der Waals surface area contributed by atoms with Crippen LogP contribution in [0.15, 0.2) is 0 Å². The average molecular weight is 297 g/mol. The predicted octanol–water partition coefficient (Wildman–Crippen LogP) is 2.64. The number of amides is 2. The van der Waals surface area contributed by atoms with Crippen LogP contribution in [-0.4, -0.2) is 42.2 Å². The Morgan fingerprint density at radius 3 is 2.90 bits per heavy atom. The summed E-state index contributed by atoms with van der Waals surface area (Å²) < 4.78 is 5.51. The molecule has 1 aliphatic rings. The lowest BCUT2D eigenvalue weighted by Crippen LogP contribution is -2.41. The summed E-state index contributed by atoms with van der Waals surface area (Å²) in [6.45, 7) is 7.42. The highest BCUT2D eigenvalue weighted by molar-refractivity contribution is 7.11. The lowest BCUT2D eigenvalue weighted by Gasteiger charge is -2.25. The summed E-state index contributed by atoms with van der Waals surface area (Å²) in [5, 5.41) is 3.99. The van der Waals surface area contributed by atoms with E-state index in [9.17, 15) is 4.79 Å². The SMILES string of the molecule is Cc1nc(C)c(C(C)N(C)C(=O)NCC2CCCO2)s1. The predicted molar refractivity (Wildman–Crippen MR) is 80.1 cm³/mol. The molecule has 2 unspecified atom stereocenters. The summed E-state index contributed by atoms with van der Waals surface area (Å²) in [6, 6.07) is -0.0239. The number of hydrogen-bond donors (Lipinski definition) is 1. The molecule has 20 heavy (non-hydrogen) atoms. The van der Waals surface area contributed by atoms with Gasteiger partial charge in [-0.15, -0.1) is 11.3 Å². The molecule has 1 aromatic heterocycles. The third kappa shape index (κ3) is 3.49. The molecule has 1 fully saturated rings. The zero-order chi connectivity index (χ0) is 14.7. The second-order valence-electron chi connectivity index (χ2n) is 5.29. The first-order valence-corrected chi connectivity index (χ1v) is 7.87. The van der Waals surface area contributed by atoms with E-state index in [1.807, 2.05) is 27.8 Å². The minimum Gasteiger partial charge on any atom is -0.376 e. The van der Waals surface area contributed by atoms with Crippen molar-refractivity contribution in [1.82, 2.24) is 15.2 Å². The van der Waals surface area contributed by atoms with Crippen LogP contribution < -0.4 is 5.32 Å². The van der Waals surface area contributed by atoms with Crippen molar-refractivity contribution in [2.45, 2.75) is 45.8 Å². The molecule has 0 saturated carbocycles. The molecular weight excluding hydrogens is 274 g/mol. The third-order valence-corrected chi connectivity index (χ3v) is 4.97. The number of thiazole rings is 1. The number of carbonyl (C=O) groups is 1. The van der Waals surface area contributed by atoms with E-state index in [1.165, 1.54) is 0 Å². The number of aromatic nitrogens is 1. The average Bonchev–Trinajstić information content (AvgIpc) is 3.03. The Labute approximate surface area is 124 Å². The van der Waals surface area contributed by atoms with Crippen LogP contribution in [0.2, 0.25) is 0 Å². The quantitative estimate of drug-likeness (QED) is 0.929. The minimum absolute atomic E-state index is 0.0331. The van der Waals surface area contributed by atoms with Crippen molar-refractivity contribution < 1.29 is 9.53 Å². The molecular formula is C14H23N3O2S. The summed E-state index contributed by atoms with van der Waals surface area (Å²) in [4.78, 5) is 19.5. The molecule has 5 nitrogen and oxygen atoms in total. The fourth-order valence-electron chi connectivity index (χ4n) is 2.42. The van der Waals surface area contributed by atoms with Gasteiger partial charge < -0.3 is 15.0 Å². The van der Waals surface area contributed by atoms with Crippen molar-refractivity contribution in [2.75, 3.05) is 20.2 Å². The van der Waals surface area contributed by atoms with E-state index >= 15 is 0 Å². The minimum atomic E-state index is -0.0570. The van der Waals surface area contributed by atoms with Crippen molar-refractivity contribution in [3.8, 4) is 0 Å². The molecule has 0 radical (unpaired) electrons. The number of aryl methyl sites for hydroxylation is 2. The molecule has 112 valence electrons. The van der Waals surface area contributed by atoms with E-state index in [0.29, 0.717) is 6.54 Å². The van der Waals surface area contributed by atoms with Crippen LogP contribution in [-0.2, 0) is 4.74 Å². The second kappa shape index (κ2) is 6.54. The zero-order valence-electron chi connectivity index (χ0n) is 12.6. The molecule has 2 heterocycles. The van der Waals surface area contributed by atoms with Gasteiger partial charge in [-0.05, 0) is 33.6 Å². The van der Waals surface area contributed by atoms with Gasteiger partial charge in [-0.2, -0.15) is 0 Å². The summed E-state index contributed by atoms with van der Waals surface area (Å²) in [5.74, 6) is 0. The number of hydrogen-bond acceptors (Lipinski definition) is 4. The number of ether oxygens (including phenoxy) is 1. The number of nitrogens with zero attached hydrogens (tertiary/aromatic N) is 2. The van der Waals surface area contributed by atoms with E-state index in [-0.39, 0.29) is 18.2 Å². The van der Waals surface area contributed by atoms with Gasteiger partial charge in [0, 0.05) is 25.1 Å². The number of rotatable bonds is 4. The van der Waals surface area contributed by atoms with Crippen LogP contribution in [0.4, 0.5) is 4.79 Å². The second-order valence-corrected chi connectivity index (χ2v) is 6.53. The van der Waals surface area contributed by atoms with E-state index in [2.05, 4.69) is 10.3 Å². The maximum atomic E-state index is 12.2. The molecule has 0 aliphatic carbocycles. The molecule has 1 N–H and O–H groups in total. The van der Waals surface area contributed by atoms with Gasteiger partial charge in [0.05, 0.1) is 22.8 Å². The van der Waals surface area contributed by atoms with Crippen molar-refractivity contribution in [1.29, 1.82) is 0 Å². The molecule has 0 bridgehead atoms. The van der Waals surface area contributed by atoms with Crippen LogP contribution in [0.5, 0.6) is 0 Å². The van der Waals surface area contributed by atoms with E-state index in [4.69, 9.17) is 4.74 Å². The van der Waals surface area contributed by atoms with Gasteiger partial charge in [-0.3, -0.25) is 0 Å². The molecule has 2 atom stereocenters. The van der Waals surface area contributed by atoms with E-state index < -0.39 is 0 Å². The van der Waals surface area contributed by atoms with Gasteiger partial charge in [-0.1, -0.05) is 0 Å². The monoisotopic (exact) mass is 297 g/mol. The summed E-state index contributed by atoms with van der Waals surface area (Å²) in [7, 11) is 1.82. The molecule has 1 aliphatic heterocycles. The van der Waals surface area contributed by atoms with Crippen molar-refractivity contribution >= 4 is 17.4 Å². The first-order chi connectivity index (χ1) is 9.49. The third-order valence-electron chi connectivity index (χ3n) is 3.73. The Balaban J connectivity index is 1.90. The highest BCUT2D eigenvalue weighted by Crippen LogP contribution is 2.28. The summed E-state index contributed by atoms with van der Waals surface area (Å²) >= 11 is 1.65. The van der Waals surface area contributed by atoms with Gasteiger partial charge in [0.25, 0.3) is 0 Å². The number of carbonyl (C=O) groups excluding carboxylic acids is 1. The Hall–Kier alpha value is -1.14. The fraction of sp³-hybridized carbons (Fsp3) is 0.714. The Morgan fingerprint density at radius 1 is 1.60 bits per heavy atom. The van der Waals surface area contributed by atoms with Gasteiger partial charge in [0.1, 0.15) is 0 Å². The smallest absolute Gasteiger partial charge is 0.317 e. The van der Waals surface area contributed by atoms with Gasteiger partial charge in [0.15, 0.2) is 0 Å². The van der Waals surface area contributed by atoms with Crippen LogP contribution in [0.25, 0.3) is 0 Å². The zero-order valence-corrected chi connectivity index (χ0v) is 13.4. The maximum Gasteiger partial charge on any atom is 0.317 e. The number of urea groups is 1. The lowest BCUT2D eigenvalue weighted by atomic mass is 10.2. The largest absolute Gasteiger partial charge is 0.376 e. The molecule has 0 spiro atoms. The Bertz CT molecular complexity index is 469. The molecule has 2 rings (SSSR count). The Morgan fingerprint density at radius 2 is 2.35 bits per heavy atom. The van der Waals surface area contributed by atoms with E-state index in [1.54, 1.807) is 16.2 Å². The molecule has 2 amide bonds. The van der Waals surface area contributed by atoms with Crippen molar-refractivity contribution in [2.24, 2.45) is 0 Å². The highest BCUT2D eigenvalue weighted by atomic mass is 32.1. The maximum absolute atomic E-state index is 12.2. The van der Waals surface area contributed by atoms with Gasteiger partial charge in [-0.25, -0.2) is 9.78 Å². The Kier molecular flexibility index (Phi) is 4.99. The van der Waals surface area contributed by atoms with Crippen molar-refractivity contribution in [3.05, 3.63) is 15.6 Å². The number of nitrogens with one attached hydrogen (secondary N) is 1. The van der Waals surface area contributed by atoms with Crippen LogP contribution in [0, 0.1) is 13.8 Å². The molecule has 1 saturated heterocycles. The van der Waals surface area contributed by atoms with Crippen LogP contribution >= 0.6 is 11.3 Å². The molecule has 1 aromatic rings. The van der Waals surface area contributed by atoms with E-state index in [0.717, 1.165) is 35.0 Å². The molecule has 6 heteroatoms. The van der Waals surface area contributed by atoms with Gasteiger partial charge in [0.2, 0.25) is 0 Å².